The summed E-state index contributed by atoms with van der Waals surface area (Å²) in [6.45, 7) is 1.02. The van der Waals surface area contributed by atoms with Crippen LogP contribution in [0, 0.1) is 5.41 Å². The first-order valence-electron chi connectivity index (χ1n) is 4.99. The molecule has 0 amide bonds. The Kier molecular flexibility index (Phi) is 2.95. The van der Waals surface area contributed by atoms with Crippen LogP contribution in [-0.4, -0.2) is 29.0 Å². The van der Waals surface area contributed by atoms with Crippen molar-refractivity contribution in [1.82, 2.24) is 5.32 Å². The zero-order valence-corrected chi connectivity index (χ0v) is 9.67. The third-order valence-corrected chi connectivity index (χ3v) is 2.94. The molecule has 0 atom stereocenters. The van der Waals surface area contributed by atoms with Gasteiger partial charge in [0.1, 0.15) is 11.5 Å². The van der Waals surface area contributed by atoms with Crippen LogP contribution in [0.15, 0.2) is 23.4 Å². The third kappa shape index (κ3) is 2.07. The average molecular weight is 254 g/mol. The van der Waals surface area contributed by atoms with E-state index in [0.29, 0.717) is 24.4 Å². The predicted molar refractivity (Wildman–Crippen MR) is 65.7 cm³/mol. The number of halogens is 1. The number of hydrogen-bond acceptors (Lipinski definition) is 5. The molecule has 0 saturated carbocycles. The summed E-state index contributed by atoms with van der Waals surface area (Å²) in [4.78, 5) is 0. The van der Waals surface area contributed by atoms with Gasteiger partial charge in [-0.05, 0) is 6.07 Å². The normalized spacial score (nSPS) is 15.4. The molecule has 5 nitrogen and oxygen atoms in total. The fourth-order valence-corrected chi connectivity index (χ4v) is 1.87. The molecule has 0 saturated heterocycles. The van der Waals surface area contributed by atoms with Crippen LogP contribution >= 0.6 is 11.6 Å². The van der Waals surface area contributed by atoms with Crippen LogP contribution in [-0.2, 0) is 0 Å². The molecule has 1 aliphatic heterocycles. The van der Waals surface area contributed by atoms with Gasteiger partial charge in [0.25, 0.3) is 0 Å². The molecule has 90 valence electrons. The number of benzene rings is 1. The Hall–Kier alpha value is -1.72. The van der Waals surface area contributed by atoms with E-state index in [1.54, 1.807) is 0 Å². The molecule has 0 aliphatic carbocycles. The van der Waals surface area contributed by atoms with Gasteiger partial charge in [-0.1, -0.05) is 11.6 Å². The molecule has 0 radical (unpaired) electrons. The summed E-state index contributed by atoms with van der Waals surface area (Å²) < 4.78 is 0. The highest BCUT2D eigenvalue weighted by molar-refractivity contribution is 6.32. The van der Waals surface area contributed by atoms with Gasteiger partial charge < -0.3 is 21.3 Å². The largest absolute Gasteiger partial charge is 0.507 e. The molecule has 0 bridgehead atoms. The smallest absolute Gasteiger partial charge is 0.137 e. The number of phenolic OH excluding ortho intramolecular Hbond substituents is 2. The van der Waals surface area contributed by atoms with Crippen molar-refractivity contribution >= 4 is 17.3 Å². The Bertz CT molecular complexity index is 526. The van der Waals surface area contributed by atoms with Crippen LogP contribution in [0.3, 0.4) is 0 Å². The Morgan fingerprint density at radius 2 is 2.00 bits per heavy atom. The summed E-state index contributed by atoms with van der Waals surface area (Å²) in [6, 6.07) is 2.47. The lowest BCUT2D eigenvalue weighted by molar-refractivity contribution is 0.450. The predicted octanol–water partition coefficient (Wildman–Crippen LogP) is 0.935. The van der Waals surface area contributed by atoms with Gasteiger partial charge in [-0.2, -0.15) is 0 Å². The second kappa shape index (κ2) is 4.27. The summed E-state index contributed by atoms with van der Waals surface area (Å²) in [5.41, 5.74) is 7.35. The van der Waals surface area contributed by atoms with Crippen molar-refractivity contribution in [2.24, 2.45) is 5.73 Å². The molecule has 6 N–H and O–H groups in total. The fraction of sp³-hybridized carbons (Fsp3) is 0.182. The van der Waals surface area contributed by atoms with Crippen LogP contribution in [0.25, 0.3) is 0 Å². The molecular formula is C11H12ClN3O2. The number of hydrogen-bond donors (Lipinski definition) is 5. The molecule has 17 heavy (non-hydrogen) atoms. The number of aromatic hydroxyl groups is 2. The number of nitrogens with two attached hydrogens (primary N) is 1. The van der Waals surface area contributed by atoms with Crippen molar-refractivity contribution in [3.05, 3.63) is 34.0 Å². The Morgan fingerprint density at radius 1 is 1.29 bits per heavy atom. The molecule has 1 aliphatic rings. The minimum Gasteiger partial charge on any atom is -0.507 e. The molecule has 0 spiro atoms. The van der Waals surface area contributed by atoms with Crippen molar-refractivity contribution in [3.63, 3.8) is 0 Å². The second-order valence-electron chi connectivity index (χ2n) is 3.80. The van der Waals surface area contributed by atoms with E-state index >= 15 is 0 Å². The fourth-order valence-electron chi connectivity index (χ4n) is 1.70. The summed E-state index contributed by atoms with van der Waals surface area (Å²) >= 11 is 5.75. The Morgan fingerprint density at radius 3 is 2.59 bits per heavy atom. The molecule has 2 rings (SSSR count). The molecule has 1 heterocycles. The first kappa shape index (κ1) is 11.8. The van der Waals surface area contributed by atoms with E-state index in [0.717, 1.165) is 6.07 Å². The van der Waals surface area contributed by atoms with Crippen LogP contribution in [0.4, 0.5) is 0 Å². The van der Waals surface area contributed by atoms with Gasteiger partial charge in [0, 0.05) is 36.0 Å². The lowest BCUT2D eigenvalue weighted by Crippen LogP contribution is -2.13. The van der Waals surface area contributed by atoms with Crippen molar-refractivity contribution in [2.45, 2.75) is 0 Å². The summed E-state index contributed by atoms with van der Waals surface area (Å²) in [6.07, 6.45) is 0. The van der Waals surface area contributed by atoms with E-state index in [-0.39, 0.29) is 27.8 Å². The lowest BCUT2D eigenvalue weighted by Gasteiger charge is -2.09. The van der Waals surface area contributed by atoms with Crippen molar-refractivity contribution in [3.8, 4) is 11.5 Å². The first-order chi connectivity index (χ1) is 8.00. The van der Waals surface area contributed by atoms with E-state index in [2.05, 4.69) is 5.32 Å². The highest BCUT2D eigenvalue weighted by Gasteiger charge is 2.20. The maximum absolute atomic E-state index is 9.69. The number of nitrogens with one attached hydrogen (secondary N) is 2. The summed E-state index contributed by atoms with van der Waals surface area (Å²) in [5.74, 6) is -0.406. The van der Waals surface area contributed by atoms with E-state index in [1.165, 1.54) is 6.07 Å². The van der Waals surface area contributed by atoms with E-state index < -0.39 is 0 Å². The molecular weight excluding hydrogens is 242 g/mol. The van der Waals surface area contributed by atoms with Crippen LogP contribution in [0.5, 0.6) is 11.5 Å². The van der Waals surface area contributed by atoms with Crippen LogP contribution in [0.1, 0.15) is 5.56 Å². The van der Waals surface area contributed by atoms with Crippen molar-refractivity contribution in [1.29, 1.82) is 5.41 Å². The zero-order chi connectivity index (χ0) is 12.6. The van der Waals surface area contributed by atoms with Gasteiger partial charge in [-0.3, -0.25) is 5.41 Å². The second-order valence-corrected chi connectivity index (χ2v) is 4.21. The maximum atomic E-state index is 9.69. The van der Waals surface area contributed by atoms with Crippen LogP contribution in [0.2, 0.25) is 5.02 Å². The van der Waals surface area contributed by atoms with Gasteiger partial charge in [-0.25, -0.2) is 0 Å². The molecule has 0 aromatic heterocycles. The van der Waals surface area contributed by atoms with Crippen molar-refractivity contribution in [2.75, 3.05) is 13.1 Å². The maximum Gasteiger partial charge on any atom is 0.137 e. The van der Waals surface area contributed by atoms with Gasteiger partial charge in [0.15, 0.2) is 0 Å². The molecule has 0 fully saturated rings. The first-order valence-corrected chi connectivity index (χ1v) is 5.37. The minimum atomic E-state index is -0.216. The van der Waals surface area contributed by atoms with E-state index in [4.69, 9.17) is 22.7 Å². The summed E-state index contributed by atoms with van der Waals surface area (Å²) in [5, 5.41) is 30.1. The van der Waals surface area contributed by atoms with Crippen LogP contribution < -0.4 is 11.1 Å². The lowest BCUT2D eigenvalue weighted by atomic mass is 10.0. The van der Waals surface area contributed by atoms with Crippen molar-refractivity contribution < 1.29 is 10.2 Å². The molecule has 1 aromatic carbocycles. The monoisotopic (exact) mass is 253 g/mol. The SMILES string of the molecule is N=C(C1=C(N)CNC1)c1cc(Cl)c(O)cc1O. The zero-order valence-electron chi connectivity index (χ0n) is 8.92. The molecule has 1 aromatic rings. The Balaban J connectivity index is 2.44. The van der Waals surface area contributed by atoms with E-state index in [1.807, 2.05) is 0 Å². The number of phenols is 2. The molecule has 0 unspecified atom stereocenters. The number of rotatable bonds is 2. The highest BCUT2D eigenvalue weighted by Crippen LogP contribution is 2.32. The van der Waals surface area contributed by atoms with Gasteiger partial charge in [-0.15, -0.1) is 0 Å². The van der Waals surface area contributed by atoms with E-state index in [9.17, 15) is 10.2 Å². The van der Waals surface area contributed by atoms with Gasteiger partial charge >= 0.3 is 0 Å². The summed E-state index contributed by atoms with van der Waals surface area (Å²) in [7, 11) is 0. The Labute approximate surface area is 103 Å². The van der Waals surface area contributed by atoms with Gasteiger partial charge in [0.2, 0.25) is 0 Å². The average Bonchev–Trinajstić information content (AvgIpc) is 2.69. The topological polar surface area (TPSA) is 102 Å². The highest BCUT2D eigenvalue weighted by atomic mass is 35.5. The quantitative estimate of drug-likeness (QED) is 0.506. The van der Waals surface area contributed by atoms with Gasteiger partial charge in [0.05, 0.1) is 10.7 Å². The minimum absolute atomic E-state index is 0.0904. The molecule has 6 heteroatoms. The standard InChI is InChI=1S/C11H12ClN3O2/c12-7-1-5(9(16)2-10(7)17)11(14)6-3-15-4-8(6)13/h1-2,14-17H,3-4,13H2. The third-order valence-electron chi connectivity index (χ3n) is 2.64.